The molecule has 36 heavy (non-hydrogen) atoms. The summed E-state index contributed by atoms with van der Waals surface area (Å²) in [6, 6.07) is 7.13. The number of nitrogens with zero attached hydrogens (tertiary/aromatic N) is 2. The van der Waals surface area contributed by atoms with Crippen LogP contribution in [-0.4, -0.2) is 64.8 Å². The number of amides is 1. The molecular formula is C22H22ClFN4O6S2. The average molecular weight is 557 g/mol. The Morgan fingerprint density at radius 3 is 2.81 bits per heavy atom. The van der Waals surface area contributed by atoms with Gasteiger partial charge < -0.3 is 25.6 Å². The summed E-state index contributed by atoms with van der Waals surface area (Å²) >= 11 is 5.87. The molecule has 2 atom stereocenters. The zero-order chi connectivity index (χ0) is 25.9. The van der Waals surface area contributed by atoms with Crippen LogP contribution in [0.3, 0.4) is 0 Å². The maximum absolute atomic E-state index is 13.5. The number of benzene rings is 2. The summed E-state index contributed by atoms with van der Waals surface area (Å²) in [6.45, 7) is -0.786. The number of fused-ring (bicyclic) bond motifs is 1. The van der Waals surface area contributed by atoms with Gasteiger partial charge in [0.05, 0.1) is 28.1 Å². The van der Waals surface area contributed by atoms with Crippen molar-refractivity contribution in [3.05, 3.63) is 47.5 Å². The number of aliphatic hydroxyl groups excluding tert-OH is 2. The molecule has 0 spiro atoms. The number of anilines is 3. The van der Waals surface area contributed by atoms with Crippen molar-refractivity contribution < 1.29 is 32.6 Å². The molecule has 10 nitrogen and oxygen atoms in total. The normalized spacial score (nSPS) is 17.6. The van der Waals surface area contributed by atoms with Crippen LogP contribution in [0.4, 0.5) is 21.6 Å². The zero-order valence-electron chi connectivity index (χ0n) is 18.6. The number of nitrogens with one attached hydrogen (secondary N) is 2. The minimum atomic E-state index is -3.40. The van der Waals surface area contributed by atoms with E-state index in [2.05, 4.69) is 20.6 Å². The van der Waals surface area contributed by atoms with Crippen LogP contribution < -0.4 is 15.4 Å². The Labute approximate surface area is 214 Å². The van der Waals surface area contributed by atoms with E-state index < -0.39 is 38.6 Å². The number of carbonyl (C=O) groups excluding carboxylic acids is 1. The number of halogens is 2. The monoisotopic (exact) mass is 556 g/mol. The summed E-state index contributed by atoms with van der Waals surface area (Å²) in [5.41, 5.74) is 1.07. The second-order valence-corrected chi connectivity index (χ2v) is 12.8. The van der Waals surface area contributed by atoms with Crippen LogP contribution in [0.1, 0.15) is 12.8 Å². The number of aliphatic hydroxyl groups is 2. The molecule has 1 aliphatic heterocycles. The molecule has 3 aromatic rings. The summed E-state index contributed by atoms with van der Waals surface area (Å²) in [5.74, 6) is -0.191. The first-order valence-corrected chi connectivity index (χ1v) is 14.2. The van der Waals surface area contributed by atoms with Gasteiger partial charge >= 0.3 is 0 Å². The third-order valence-corrected chi connectivity index (χ3v) is 9.89. The third kappa shape index (κ3) is 6.16. The molecule has 1 fully saturated rings. The van der Waals surface area contributed by atoms with E-state index in [0.29, 0.717) is 34.6 Å². The highest BCUT2D eigenvalue weighted by atomic mass is 35.5. The van der Waals surface area contributed by atoms with Gasteiger partial charge in [-0.1, -0.05) is 11.6 Å². The van der Waals surface area contributed by atoms with Crippen molar-refractivity contribution in [3.8, 4) is 5.75 Å². The predicted molar refractivity (Wildman–Crippen MR) is 136 cm³/mol. The first kappa shape index (κ1) is 26.4. The average Bonchev–Trinajstić information content (AvgIpc) is 3.17. The number of hydrogen-bond donors (Lipinski definition) is 4. The fourth-order valence-electron chi connectivity index (χ4n) is 3.50. The molecule has 0 saturated carbocycles. The van der Waals surface area contributed by atoms with Crippen molar-refractivity contribution in [1.29, 1.82) is 0 Å². The fourth-order valence-corrected chi connectivity index (χ4v) is 7.45. The molecule has 2 aromatic carbocycles. The molecule has 1 amide bonds. The standard InChI is InChI=1S/C22H22ClFN4O6S2/c23-16-5-12(1-2-17(16)24)27-22-15-7-19(28-21(31)6-14-3-4-35-36(14,32)33)20(34-10-13(30)9-29)8-18(15)25-11-26-22/h1-2,5,7-8,11,13-14,29-30H,3-4,6,9-10H2,(H,28,31)(H,25,26,27). The molecule has 1 aliphatic rings. The van der Waals surface area contributed by atoms with E-state index in [1.54, 1.807) is 6.07 Å². The molecule has 1 saturated heterocycles. The molecular weight excluding hydrogens is 535 g/mol. The van der Waals surface area contributed by atoms with Crippen LogP contribution in [-0.2, 0) is 13.7 Å². The van der Waals surface area contributed by atoms with Crippen molar-refractivity contribution >= 4 is 65.3 Å². The van der Waals surface area contributed by atoms with Crippen molar-refractivity contribution in [1.82, 2.24) is 9.97 Å². The van der Waals surface area contributed by atoms with E-state index in [0.717, 1.165) is 10.8 Å². The number of rotatable bonds is 9. The van der Waals surface area contributed by atoms with Gasteiger partial charge in [-0.05, 0) is 41.5 Å². The summed E-state index contributed by atoms with van der Waals surface area (Å²) in [5, 5.41) is 24.1. The van der Waals surface area contributed by atoms with Gasteiger partial charge in [0.2, 0.25) is 14.8 Å². The molecule has 2 unspecified atom stereocenters. The zero-order valence-corrected chi connectivity index (χ0v) is 21.0. The molecule has 0 aliphatic carbocycles. The fraction of sp³-hybridized carbons (Fsp3) is 0.318. The highest BCUT2D eigenvalue weighted by molar-refractivity contribution is 8.72. The van der Waals surface area contributed by atoms with Gasteiger partial charge in [-0.2, -0.15) is 0 Å². The van der Waals surface area contributed by atoms with Gasteiger partial charge in [0, 0.05) is 29.3 Å². The maximum atomic E-state index is 13.5. The minimum absolute atomic E-state index is 0.0792. The van der Waals surface area contributed by atoms with Crippen molar-refractivity contribution in [3.63, 3.8) is 0 Å². The first-order valence-electron chi connectivity index (χ1n) is 10.8. The molecule has 1 aromatic heterocycles. The molecule has 14 heteroatoms. The van der Waals surface area contributed by atoms with E-state index in [9.17, 15) is 22.7 Å². The van der Waals surface area contributed by atoms with Crippen molar-refractivity contribution in [2.45, 2.75) is 24.2 Å². The summed E-state index contributed by atoms with van der Waals surface area (Å²) in [7, 11) is -2.56. The smallest absolute Gasteiger partial charge is 0.225 e. The van der Waals surface area contributed by atoms with Crippen LogP contribution in [0.2, 0.25) is 5.02 Å². The maximum Gasteiger partial charge on any atom is 0.225 e. The Bertz CT molecular complexity index is 1390. The lowest BCUT2D eigenvalue weighted by molar-refractivity contribution is -0.116. The van der Waals surface area contributed by atoms with Crippen LogP contribution in [0.25, 0.3) is 10.9 Å². The van der Waals surface area contributed by atoms with Gasteiger partial charge in [-0.15, -0.1) is 0 Å². The largest absolute Gasteiger partial charge is 0.489 e. The van der Waals surface area contributed by atoms with Crippen LogP contribution in [0, 0.1) is 5.82 Å². The lowest BCUT2D eigenvalue weighted by Crippen LogP contribution is -2.24. The number of hydrogen-bond acceptors (Lipinski definition) is 10. The first-order chi connectivity index (χ1) is 17.2. The van der Waals surface area contributed by atoms with Gasteiger partial charge in [0.1, 0.15) is 36.4 Å². The Kier molecular flexibility index (Phi) is 8.15. The highest BCUT2D eigenvalue weighted by Crippen LogP contribution is 2.36. The van der Waals surface area contributed by atoms with E-state index in [1.807, 2.05) is 0 Å². The Balaban J connectivity index is 1.67. The van der Waals surface area contributed by atoms with Crippen LogP contribution in [0.5, 0.6) is 5.75 Å². The topological polar surface area (TPSA) is 151 Å². The van der Waals surface area contributed by atoms with Gasteiger partial charge in [0.25, 0.3) is 0 Å². The molecule has 4 rings (SSSR count). The van der Waals surface area contributed by atoms with Crippen molar-refractivity contribution in [2.75, 3.05) is 29.6 Å². The number of ether oxygens (including phenoxy) is 1. The second kappa shape index (κ2) is 11.1. The Hall–Kier alpha value is -2.71. The molecule has 0 radical (unpaired) electrons. The quantitative estimate of drug-likeness (QED) is 0.289. The summed E-state index contributed by atoms with van der Waals surface area (Å²) in [6.07, 6.45) is 0.294. The molecule has 2 heterocycles. The van der Waals surface area contributed by atoms with Crippen molar-refractivity contribution in [2.24, 2.45) is 0 Å². The number of aromatic nitrogens is 2. The highest BCUT2D eigenvalue weighted by Gasteiger charge is 2.34. The van der Waals surface area contributed by atoms with E-state index in [-0.39, 0.29) is 29.5 Å². The van der Waals surface area contributed by atoms with E-state index >= 15 is 0 Å². The Morgan fingerprint density at radius 1 is 1.31 bits per heavy atom. The third-order valence-electron chi connectivity index (χ3n) is 5.34. The molecule has 0 bridgehead atoms. The van der Waals surface area contributed by atoms with Gasteiger partial charge in [-0.25, -0.2) is 22.8 Å². The SMILES string of the molecule is O=C(CC1CCSS1(=O)=O)Nc1cc2c(Nc3ccc(F)c(Cl)c3)ncnc2cc1OCC(O)CO. The van der Waals surface area contributed by atoms with Gasteiger partial charge in [0.15, 0.2) is 0 Å². The van der Waals surface area contributed by atoms with E-state index in [1.165, 1.54) is 30.6 Å². The van der Waals surface area contributed by atoms with Crippen LogP contribution in [0.15, 0.2) is 36.7 Å². The van der Waals surface area contributed by atoms with Crippen LogP contribution >= 0.6 is 22.4 Å². The summed E-state index contributed by atoms with van der Waals surface area (Å²) < 4.78 is 43.4. The lowest BCUT2D eigenvalue weighted by atomic mass is 10.1. The molecule has 192 valence electrons. The predicted octanol–water partition coefficient (Wildman–Crippen LogP) is 3.06. The second-order valence-electron chi connectivity index (χ2n) is 7.97. The number of carbonyl (C=O) groups is 1. The lowest BCUT2D eigenvalue weighted by Gasteiger charge is -2.17. The Morgan fingerprint density at radius 2 is 2.11 bits per heavy atom. The molecule has 4 N–H and O–H groups in total. The minimum Gasteiger partial charge on any atom is -0.489 e. The summed E-state index contributed by atoms with van der Waals surface area (Å²) in [4.78, 5) is 21.2. The van der Waals surface area contributed by atoms with E-state index in [4.69, 9.17) is 21.4 Å². The van der Waals surface area contributed by atoms with Gasteiger partial charge in [-0.3, -0.25) is 4.79 Å².